The number of nitrogens with one attached hydrogen (secondary N) is 1. The maximum Gasteiger partial charge on any atom is 0.231 e. The van der Waals surface area contributed by atoms with Crippen LogP contribution in [0.4, 0.5) is 5.13 Å². The standard InChI is InChI=1S/C20H26N4O4S/c1-27-7-6-24-13-15(11-18(24)25)19(26)22-20-21-16-3-2-14(10-17(16)29-20)12-23-4-8-28-9-5-23/h2-3,10,15H,4-9,11-13H2,1H3,(H,21,22,26). The van der Waals surface area contributed by atoms with Crippen molar-refractivity contribution in [1.82, 2.24) is 14.8 Å². The van der Waals surface area contributed by atoms with Crippen LogP contribution in [0.25, 0.3) is 10.2 Å². The minimum absolute atomic E-state index is 0.000690. The lowest BCUT2D eigenvalue weighted by Gasteiger charge is -2.26. The van der Waals surface area contributed by atoms with E-state index in [0.717, 1.165) is 43.1 Å². The van der Waals surface area contributed by atoms with Gasteiger partial charge in [0, 0.05) is 46.3 Å². The van der Waals surface area contributed by atoms with E-state index in [0.29, 0.717) is 24.8 Å². The number of methoxy groups -OCH3 is 1. The van der Waals surface area contributed by atoms with Gasteiger partial charge in [0.05, 0.1) is 36.0 Å². The van der Waals surface area contributed by atoms with E-state index in [-0.39, 0.29) is 24.2 Å². The van der Waals surface area contributed by atoms with Gasteiger partial charge >= 0.3 is 0 Å². The largest absolute Gasteiger partial charge is 0.383 e. The maximum absolute atomic E-state index is 12.6. The zero-order valence-corrected chi connectivity index (χ0v) is 17.4. The first-order valence-corrected chi connectivity index (χ1v) is 10.7. The third-order valence-electron chi connectivity index (χ3n) is 5.34. The fourth-order valence-corrected chi connectivity index (χ4v) is 4.64. The number of carbonyl (C=O) groups excluding carboxylic acids is 2. The number of anilines is 1. The number of amides is 2. The second-order valence-corrected chi connectivity index (χ2v) is 8.46. The zero-order valence-electron chi connectivity index (χ0n) is 16.6. The normalized spacial score (nSPS) is 20.5. The average molecular weight is 419 g/mol. The average Bonchev–Trinajstić information content (AvgIpc) is 3.29. The van der Waals surface area contributed by atoms with Gasteiger partial charge in [0.2, 0.25) is 11.8 Å². The number of ether oxygens (including phenoxy) is 2. The molecule has 1 aromatic heterocycles. The summed E-state index contributed by atoms with van der Waals surface area (Å²) >= 11 is 1.47. The zero-order chi connectivity index (χ0) is 20.2. The summed E-state index contributed by atoms with van der Waals surface area (Å²) in [6.45, 7) is 5.78. The first kappa shape index (κ1) is 20.2. The van der Waals surface area contributed by atoms with Crippen LogP contribution in [0, 0.1) is 5.92 Å². The third kappa shape index (κ3) is 4.92. The van der Waals surface area contributed by atoms with E-state index < -0.39 is 0 Å². The predicted molar refractivity (Wildman–Crippen MR) is 111 cm³/mol. The number of nitrogens with zero attached hydrogens (tertiary/aromatic N) is 3. The number of hydrogen-bond donors (Lipinski definition) is 1. The van der Waals surface area contributed by atoms with Crippen molar-refractivity contribution in [3.8, 4) is 0 Å². The lowest BCUT2D eigenvalue weighted by molar-refractivity contribution is -0.128. The smallest absolute Gasteiger partial charge is 0.231 e. The molecule has 1 aromatic carbocycles. The van der Waals surface area contributed by atoms with Crippen LogP contribution in [0.5, 0.6) is 0 Å². The van der Waals surface area contributed by atoms with Crippen LogP contribution in [0.2, 0.25) is 0 Å². The first-order chi connectivity index (χ1) is 14.1. The van der Waals surface area contributed by atoms with Gasteiger partial charge in [-0.2, -0.15) is 0 Å². The van der Waals surface area contributed by atoms with Crippen molar-refractivity contribution in [2.75, 3.05) is 58.4 Å². The molecule has 2 aliphatic heterocycles. The lowest BCUT2D eigenvalue weighted by atomic mass is 10.1. The Balaban J connectivity index is 1.38. The first-order valence-electron chi connectivity index (χ1n) is 9.89. The van der Waals surface area contributed by atoms with E-state index >= 15 is 0 Å². The molecule has 0 radical (unpaired) electrons. The maximum atomic E-state index is 12.6. The Labute approximate surface area is 173 Å². The van der Waals surface area contributed by atoms with Crippen LogP contribution in [-0.2, 0) is 25.6 Å². The van der Waals surface area contributed by atoms with Gasteiger partial charge in [-0.05, 0) is 17.7 Å². The van der Waals surface area contributed by atoms with Crippen molar-refractivity contribution < 1.29 is 19.1 Å². The summed E-state index contributed by atoms with van der Waals surface area (Å²) in [5, 5.41) is 3.48. The van der Waals surface area contributed by atoms with Gasteiger partial charge in [-0.25, -0.2) is 4.98 Å². The summed E-state index contributed by atoms with van der Waals surface area (Å²) < 4.78 is 11.5. The molecular formula is C20H26N4O4S. The predicted octanol–water partition coefficient (Wildman–Crippen LogP) is 1.56. The molecule has 1 atom stereocenters. The monoisotopic (exact) mass is 418 g/mol. The van der Waals surface area contributed by atoms with Crippen LogP contribution in [0.3, 0.4) is 0 Å². The van der Waals surface area contributed by atoms with Gasteiger partial charge in [0.15, 0.2) is 5.13 Å². The van der Waals surface area contributed by atoms with Crippen LogP contribution >= 0.6 is 11.3 Å². The molecule has 4 rings (SSSR count). The van der Waals surface area contributed by atoms with Gasteiger partial charge in [-0.1, -0.05) is 17.4 Å². The number of fused-ring (bicyclic) bond motifs is 1. The molecule has 0 bridgehead atoms. The number of morpholine rings is 1. The van der Waals surface area contributed by atoms with Crippen LogP contribution in [0.15, 0.2) is 18.2 Å². The van der Waals surface area contributed by atoms with Crippen molar-refractivity contribution in [2.45, 2.75) is 13.0 Å². The molecule has 0 aliphatic carbocycles. The van der Waals surface area contributed by atoms with Gasteiger partial charge < -0.3 is 19.7 Å². The Hall–Kier alpha value is -2.07. The third-order valence-corrected chi connectivity index (χ3v) is 6.28. The number of carbonyl (C=O) groups is 2. The second kappa shape index (κ2) is 9.17. The summed E-state index contributed by atoms with van der Waals surface area (Å²) in [4.78, 5) is 33.3. The molecule has 8 nitrogen and oxygen atoms in total. The molecule has 1 N–H and O–H groups in total. The summed E-state index contributed by atoms with van der Waals surface area (Å²) in [6.07, 6.45) is 0.240. The molecule has 2 aromatic rings. The molecule has 2 saturated heterocycles. The summed E-state index contributed by atoms with van der Waals surface area (Å²) in [5.41, 5.74) is 2.11. The molecule has 1 unspecified atom stereocenters. The highest BCUT2D eigenvalue weighted by atomic mass is 32.1. The summed E-state index contributed by atoms with van der Waals surface area (Å²) in [5.74, 6) is -0.492. The van der Waals surface area contributed by atoms with E-state index in [1.807, 2.05) is 6.07 Å². The number of hydrogen-bond acceptors (Lipinski definition) is 7. The van der Waals surface area contributed by atoms with Gasteiger partial charge in [-0.3, -0.25) is 14.5 Å². The molecule has 156 valence electrons. The number of aromatic nitrogens is 1. The Morgan fingerprint density at radius 1 is 1.38 bits per heavy atom. The molecule has 29 heavy (non-hydrogen) atoms. The molecule has 9 heteroatoms. The van der Waals surface area contributed by atoms with Crippen molar-refractivity contribution in [3.05, 3.63) is 23.8 Å². The van der Waals surface area contributed by atoms with Crippen LogP contribution < -0.4 is 5.32 Å². The Bertz CT molecular complexity index is 880. The minimum Gasteiger partial charge on any atom is -0.383 e. The quantitative estimate of drug-likeness (QED) is 0.735. The number of likely N-dealkylation sites (tertiary alicyclic amines) is 1. The molecule has 2 fully saturated rings. The second-order valence-electron chi connectivity index (χ2n) is 7.43. The van der Waals surface area contributed by atoms with E-state index in [2.05, 4.69) is 27.3 Å². The highest BCUT2D eigenvalue weighted by Gasteiger charge is 2.34. The van der Waals surface area contributed by atoms with Crippen LogP contribution in [-0.4, -0.2) is 79.7 Å². The van der Waals surface area contributed by atoms with Gasteiger partial charge in [0.1, 0.15) is 0 Å². The van der Waals surface area contributed by atoms with E-state index in [1.165, 1.54) is 16.9 Å². The van der Waals surface area contributed by atoms with Gasteiger partial charge in [-0.15, -0.1) is 0 Å². The van der Waals surface area contributed by atoms with E-state index in [9.17, 15) is 9.59 Å². The minimum atomic E-state index is -0.344. The SMILES string of the molecule is COCCN1CC(C(=O)Nc2nc3ccc(CN4CCOCC4)cc3s2)CC1=O. The fourth-order valence-electron chi connectivity index (χ4n) is 3.71. The highest BCUT2D eigenvalue weighted by molar-refractivity contribution is 7.22. The Morgan fingerprint density at radius 2 is 2.21 bits per heavy atom. The van der Waals surface area contributed by atoms with Crippen molar-refractivity contribution in [1.29, 1.82) is 0 Å². The Morgan fingerprint density at radius 3 is 3.00 bits per heavy atom. The van der Waals surface area contributed by atoms with Crippen molar-refractivity contribution in [2.24, 2.45) is 5.92 Å². The number of thiazole rings is 1. The number of rotatable bonds is 7. The Kier molecular flexibility index (Phi) is 6.39. The molecule has 3 heterocycles. The molecule has 2 aliphatic rings. The van der Waals surface area contributed by atoms with Crippen LogP contribution in [0.1, 0.15) is 12.0 Å². The molecular weight excluding hydrogens is 392 g/mol. The van der Waals surface area contributed by atoms with E-state index in [1.54, 1.807) is 12.0 Å². The lowest BCUT2D eigenvalue weighted by Crippen LogP contribution is -2.35. The highest BCUT2D eigenvalue weighted by Crippen LogP contribution is 2.28. The number of benzene rings is 1. The molecule has 0 spiro atoms. The summed E-state index contributed by atoms with van der Waals surface area (Å²) in [6, 6.07) is 6.24. The topological polar surface area (TPSA) is 84.0 Å². The van der Waals surface area contributed by atoms with E-state index in [4.69, 9.17) is 9.47 Å². The van der Waals surface area contributed by atoms with Crippen molar-refractivity contribution >= 4 is 38.5 Å². The molecule has 0 saturated carbocycles. The summed E-state index contributed by atoms with van der Waals surface area (Å²) in [7, 11) is 1.60. The van der Waals surface area contributed by atoms with Gasteiger partial charge in [0.25, 0.3) is 0 Å². The molecule has 2 amide bonds. The fraction of sp³-hybridized carbons (Fsp3) is 0.550. The van der Waals surface area contributed by atoms with Crippen molar-refractivity contribution in [3.63, 3.8) is 0 Å².